The molecule has 110 valence electrons. The van der Waals surface area contributed by atoms with Crippen molar-refractivity contribution in [2.75, 3.05) is 12.0 Å². The topological polar surface area (TPSA) is 15.3 Å². The van der Waals surface area contributed by atoms with Crippen molar-refractivity contribution in [2.45, 2.75) is 11.4 Å². The average Bonchev–Trinajstić information content (AvgIpc) is 2.43. The van der Waals surface area contributed by atoms with E-state index in [4.69, 9.17) is 46.4 Å². The average molecular weight is 380 g/mol. The number of nitrogens with zero attached hydrogens (tertiary/aromatic N) is 1. The standard InChI is InChI=1S/C14H10Cl4N2S/c15-9-4-12(18)14-13(5-9)19-7-20(21-14)6-8-1-2-10(16)11(17)3-8/h1-5,19H,6-7H2. The van der Waals surface area contributed by atoms with E-state index in [1.54, 1.807) is 18.0 Å². The van der Waals surface area contributed by atoms with Crippen LogP contribution in [0.2, 0.25) is 20.1 Å². The molecule has 0 aliphatic carbocycles. The third-order valence-corrected chi connectivity index (χ3v) is 5.52. The lowest BCUT2D eigenvalue weighted by atomic mass is 10.2. The Morgan fingerprint density at radius 2 is 1.81 bits per heavy atom. The highest BCUT2D eigenvalue weighted by Gasteiger charge is 2.20. The van der Waals surface area contributed by atoms with Crippen LogP contribution in [0.15, 0.2) is 35.2 Å². The Hall–Kier alpha value is -0.290. The molecule has 0 saturated heterocycles. The molecule has 2 nitrogen and oxygen atoms in total. The molecule has 0 spiro atoms. The molecule has 2 aromatic rings. The fourth-order valence-electron chi connectivity index (χ4n) is 2.05. The molecule has 0 amide bonds. The second kappa shape index (κ2) is 6.45. The number of anilines is 1. The van der Waals surface area contributed by atoms with Crippen molar-refractivity contribution in [3.8, 4) is 0 Å². The molecule has 1 aliphatic heterocycles. The molecule has 1 heterocycles. The molecule has 0 atom stereocenters. The Morgan fingerprint density at radius 3 is 2.57 bits per heavy atom. The van der Waals surface area contributed by atoms with E-state index in [1.165, 1.54) is 0 Å². The summed E-state index contributed by atoms with van der Waals surface area (Å²) in [5.41, 5.74) is 2.05. The minimum atomic E-state index is 0.563. The van der Waals surface area contributed by atoms with Crippen molar-refractivity contribution < 1.29 is 0 Å². The first-order chi connectivity index (χ1) is 10.0. The first kappa shape index (κ1) is 15.6. The molecule has 7 heteroatoms. The molecule has 0 radical (unpaired) electrons. The van der Waals surface area contributed by atoms with E-state index in [0.29, 0.717) is 26.8 Å². The highest BCUT2D eigenvalue weighted by atomic mass is 35.5. The van der Waals surface area contributed by atoms with Gasteiger partial charge in [-0.2, -0.15) is 0 Å². The van der Waals surface area contributed by atoms with E-state index in [2.05, 4.69) is 9.62 Å². The molecule has 0 bridgehead atoms. The molecule has 2 aromatic carbocycles. The van der Waals surface area contributed by atoms with Crippen molar-refractivity contribution in [1.82, 2.24) is 4.31 Å². The fraction of sp³-hybridized carbons (Fsp3) is 0.143. The molecule has 0 aromatic heterocycles. The maximum Gasteiger partial charge on any atom is 0.0782 e. The molecule has 21 heavy (non-hydrogen) atoms. The van der Waals surface area contributed by atoms with Gasteiger partial charge in [0.05, 0.1) is 32.3 Å². The van der Waals surface area contributed by atoms with Crippen LogP contribution in [0.1, 0.15) is 5.56 Å². The van der Waals surface area contributed by atoms with Crippen LogP contribution in [0.4, 0.5) is 5.69 Å². The van der Waals surface area contributed by atoms with Gasteiger partial charge in [0.1, 0.15) is 0 Å². The predicted molar refractivity (Wildman–Crippen MR) is 92.8 cm³/mol. The molecule has 1 N–H and O–H groups in total. The number of nitrogens with one attached hydrogen (secondary N) is 1. The number of hydrogen-bond acceptors (Lipinski definition) is 3. The smallest absolute Gasteiger partial charge is 0.0782 e. The van der Waals surface area contributed by atoms with Crippen molar-refractivity contribution in [2.24, 2.45) is 0 Å². The lowest BCUT2D eigenvalue weighted by Crippen LogP contribution is -2.26. The van der Waals surface area contributed by atoms with E-state index in [9.17, 15) is 0 Å². The quantitative estimate of drug-likeness (QED) is 0.626. The fourth-order valence-corrected chi connectivity index (χ4v) is 3.94. The van der Waals surface area contributed by atoms with Crippen LogP contribution in [0.5, 0.6) is 0 Å². The molecular weight excluding hydrogens is 370 g/mol. The minimum absolute atomic E-state index is 0.563. The van der Waals surface area contributed by atoms with Gasteiger partial charge in [0, 0.05) is 11.6 Å². The number of halogens is 4. The van der Waals surface area contributed by atoms with Gasteiger partial charge in [-0.25, -0.2) is 4.31 Å². The van der Waals surface area contributed by atoms with Gasteiger partial charge in [0.2, 0.25) is 0 Å². The molecular formula is C14H10Cl4N2S. The Balaban J connectivity index is 1.78. The van der Waals surface area contributed by atoms with E-state index in [0.717, 1.165) is 22.7 Å². The SMILES string of the molecule is Clc1cc(Cl)c2c(c1)NCN(Cc1ccc(Cl)c(Cl)c1)S2. The molecule has 0 saturated carbocycles. The van der Waals surface area contributed by atoms with Gasteiger partial charge in [-0.3, -0.25) is 0 Å². The Morgan fingerprint density at radius 1 is 1.00 bits per heavy atom. The second-order valence-corrected chi connectivity index (χ2v) is 7.34. The summed E-state index contributed by atoms with van der Waals surface area (Å²) in [5, 5.41) is 5.72. The zero-order valence-corrected chi connectivity index (χ0v) is 14.5. The highest BCUT2D eigenvalue weighted by molar-refractivity contribution is 7.97. The van der Waals surface area contributed by atoms with Gasteiger partial charge in [-0.1, -0.05) is 52.5 Å². The van der Waals surface area contributed by atoms with Crippen LogP contribution in [-0.4, -0.2) is 11.0 Å². The number of fused-ring (bicyclic) bond motifs is 1. The van der Waals surface area contributed by atoms with Gasteiger partial charge >= 0.3 is 0 Å². The van der Waals surface area contributed by atoms with Crippen molar-refractivity contribution in [3.05, 3.63) is 56.0 Å². The zero-order chi connectivity index (χ0) is 15.0. The summed E-state index contributed by atoms with van der Waals surface area (Å²) in [4.78, 5) is 0.979. The van der Waals surface area contributed by atoms with Gasteiger partial charge in [0.25, 0.3) is 0 Å². The van der Waals surface area contributed by atoms with Crippen molar-refractivity contribution in [3.63, 3.8) is 0 Å². The van der Waals surface area contributed by atoms with Crippen LogP contribution < -0.4 is 5.32 Å². The van der Waals surface area contributed by atoms with Crippen LogP contribution in [0.25, 0.3) is 0 Å². The number of rotatable bonds is 2. The summed E-state index contributed by atoms with van der Waals surface area (Å²) in [6, 6.07) is 9.28. The second-order valence-electron chi connectivity index (χ2n) is 4.58. The van der Waals surface area contributed by atoms with E-state index < -0.39 is 0 Å². The number of hydrogen-bond donors (Lipinski definition) is 1. The summed E-state index contributed by atoms with van der Waals surface area (Å²) >= 11 is 25.8. The highest BCUT2D eigenvalue weighted by Crippen LogP contribution is 2.42. The van der Waals surface area contributed by atoms with Gasteiger partial charge in [0.15, 0.2) is 0 Å². The summed E-state index contributed by atoms with van der Waals surface area (Å²) in [6.07, 6.45) is 0. The lowest BCUT2D eigenvalue weighted by Gasteiger charge is -2.29. The van der Waals surface area contributed by atoms with Crippen LogP contribution in [-0.2, 0) is 6.54 Å². The monoisotopic (exact) mass is 378 g/mol. The molecule has 0 fully saturated rings. The van der Waals surface area contributed by atoms with Gasteiger partial charge in [-0.05, 0) is 41.8 Å². The summed E-state index contributed by atoms with van der Waals surface area (Å²) < 4.78 is 2.15. The Kier molecular flexibility index (Phi) is 4.79. The normalized spacial score (nSPS) is 14.7. The van der Waals surface area contributed by atoms with E-state index in [-0.39, 0.29) is 0 Å². The minimum Gasteiger partial charge on any atom is -0.370 e. The van der Waals surface area contributed by atoms with Crippen molar-refractivity contribution >= 4 is 64.0 Å². The summed E-state index contributed by atoms with van der Waals surface area (Å²) in [7, 11) is 0. The first-order valence-corrected chi connectivity index (χ1v) is 8.41. The molecule has 0 unspecified atom stereocenters. The van der Waals surface area contributed by atoms with Gasteiger partial charge < -0.3 is 5.32 Å². The Labute approximate surface area is 147 Å². The largest absolute Gasteiger partial charge is 0.370 e. The third-order valence-electron chi connectivity index (χ3n) is 3.02. The number of benzene rings is 2. The lowest BCUT2D eigenvalue weighted by molar-refractivity contribution is 0.493. The maximum atomic E-state index is 6.25. The third kappa shape index (κ3) is 3.55. The van der Waals surface area contributed by atoms with Gasteiger partial charge in [-0.15, -0.1) is 0 Å². The summed E-state index contributed by atoms with van der Waals surface area (Å²) in [6.45, 7) is 1.42. The zero-order valence-electron chi connectivity index (χ0n) is 10.7. The van der Waals surface area contributed by atoms with Crippen LogP contribution in [0.3, 0.4) is 0 Å². The van der Waals surface area contributed by atoms with Crippen LogP contribution >= 0.6 is 58.4 Å². The predicted octanol–water partition coefficient (Wildman–Crippen LogP) is 6.19. The Bertz CT molecular complexity index is 693. The maximum absolute atomic E-state index is 6.25. The van der Waals surface area contributed by atoms with E-state index in [1.807, 2.05) is 24.3 Å². The first-order valence-electron chi connectivity index (χ1n) is 6.12. The van der Waals surface area contributed by atoms with Crippen molar-refractivity contribution in [1.29, 1.82) is 0 Å². The molecule has 3 rings (SSSR count). The van der Waals surface area contributed by atoms with Crippen LogP contribution in [0, 0.1) is 0 Å². The summed E-state index contributed by atoms with van der Waals surface area (Å²) in [5.74, 6) is 0. The molecule has 1 aliphatic rings. The van der Waals surface area contributed by atoms with E-state index >= 15 is 0 Å².